The van der Waals surface area contributed by atoms with E-state index in [-0.39, 0.29) is 10.8 Å². The molecular weight excluding hydrogens is 463 g/mol. The summed E-state index contributed by atoms with van der Waals surface area (Å²) in [7, 11) is 0. The Morgan fingerprint density at radius 2 is 0.853 bits per heavy atom. The minimum atomic E-state index is -0.491. The molecule has 34 heavy (non-hydrogen) atoms. The Morgan fingerprint density at radius 1 is 0.529 bits per heavy atom. The SMILES string of the molecule is CCOC1CCC(C2CC[C@]3(CC2)C[C@@]2(CC[C@H](C4CCC(OCC)CC4)CC2)C3(Cl)Cl)CC1. The monoisotopic (exact) mass is 512 g/mol. The van der Waals surface area contributed by atoms with Gasteiger partial charge in [0.05, 0.1) is 12.2 Å². The largest absolute Gasteiger partial charge is 0.379 e. The fourth-order valence-electron chi connectivity index (χ4n) is 9.56. The summed E-state index contributed by atoms with van der Waals surface area (Å²) in [4.78, 5) is 0. The highest BCUT2D eigenvalue weighted by molar-refractivity contribution is 6.50. The molecule has 5 saturated carbocycles. The van der Waals surface area contributed by atoms with Crippen LogP contribution in [0.15, 0.2) is 0 Å². The molecule has 0 aromatic rings. The van der Waals surface area contributed by atoms with Gasteiger partial charge in [0.25, 0.3) is 0 Å². The van der Waals surface area contributed by atoms with Gasteiger partial charge in [0, 0.05) is 24.0 Å². The van der Waals surface area contributed by atoms with Crippen LogP contribution in [0.25, 0.3) is 0 Å². The summed E-state index contributed by atoms with van der Waals surface area (Å²) in [6.07, 6.45) is 23.4. The van der Waals surface area contributed by atoms with E-state index in [0.717, 1.165) is 36.9 Å². The van der Waals surface area contributed by atoms with Gasteiger partial charge >= 0.3 is 0 Å². The summed E-state index contributed by atoms with van der Waals surface area (Å²) in [5.74, 6) is 3.63. The highest BCUT2D eigenvalue weighted by atomic mass is 35.5. The lowest BCUT2D eigenvalue weighted by Crippen LogP contribution is -2.66. The fraction of sp³-hybridized carbons (Fsp3) is 1.00. The maximum absolute atomic E-state index is 7.38. The number of ether oxygens (including phenoxy) is 2. The van der Waals surface area contributed by atoms with Crippen molar-refractivity contribution in [2.24, 2.45) is 34.5 Å². The maximum atomic E-state index is 7.38. The lowest BCUT2D eigenvalue weighted by atomic mass is 9.42. The van der Waals surface area contributed by atoms with Gasteiger partial charge in [-0.25, -0.2) is 0 Å². The molecule has 2 nitrogen and oxygen atoms in total. The van der Waals surface area contributed by atoms with Gasteiger partial charge in [-0.2, -0.15) is 0 Å². The van der Waals surface area contributed by atoms with Crippen molar-refractivity contribution in [1.29, 1.82) is 0 Å². The van der Waals surface area contributed by atoms with Crippen molar-refractivity contribution in [3.8, 4) is 0 Å². The first-order valence-corrected chi connectivity index (χ1v) is 15.8. The van der Waals surface area contributed by atoms with E-state index < -0.39 is 4.33 Å². The standard InChI is InChI=1S/C30H50Cl2O2/c1-3-33-26-9-5-22(6-10-26)24-13-17-28(18-14-24)21-29(30(28,31)32)19-15-25(16-20-29)23-7-11-27(12-8-23)34-4-2/h22-27H,3-21H2,1-2H3/t22?,23?,24-,25?,26?,27?,28-,29-. The molecule has 0 aromatic heterocycles. The molecule has 0 radical (unpaired) electrons. The predicted octanol–water partition coefficient (Wildman–Crippen LogP) is 9.11. The maximum Gasteiger partial charge on any atom is 0.129 e. The van der Waals surface area contributed by atoms with Gasteiger partial charge in [0.15, 0.2) is 0 Å². The number of alkyl halides is 2. The average Bonchev–Trinajstić information content (AvgIpc) is 2.86. The van der Waals surface area contributed by atoms with E-state index in [1.807, 2.05) is 0 Å². The minimum absolute atomic E-state index is 0.206. The van der Waals surface area contributed by atoms with Gasteiger partial charge < -0.3 is 9.47 Å². The second kappa shape index (κ2) is 10.7. The summed E-state index contributed by atoms with van der Waals surface area (Å²) in [5, 5.41) is 0. The Bertz CT molecular complexity index is 593. The Balaban J connectivity index is 1.09. The Morgan fingerprint density at radius 3 is 1.15 bits per heavy atom. The van der Waals surface area contributed by atoms with Crippen LogP contribution in [-0.4, -0.2) is 29.8 Å². The summed E-state index contributed by atoms with van der Waals surface area (Å²) >= 11 is 14.8. The van der Waals surface area contributed by atoms with Gasteiger partial charge in [-0.1, -0.05) is 0 Å². The van der Waals surface area contributed by atoms with Crippen LogP contribution in [0, 0.1) is 34.5 Å². The zero-order valence-electron chi connectivity index (χ0n) is 22.0. The number of hydrogen-bond donors (Lipinski definition) is 0. The lowest BCUT2D eigenvalue weighted by Gasteiger charge is -2.69. The number of halogens is 2. The predicted molar refractivity (Wildman–Crippen MR) is 143 cm³/mol. The second-order valence-corrected chi connectivity index (χ2v) is 14.3. The van der Waals surface area contributed by atoms with E-state index >= 15 is 0 Å². The van der Waals surface area contributed by atoms with Crippen molar-refractivity contribution in [3.63, 3.8) is 0 Å². The molecule has 0 bridgehead atoms. The summed E-state index contributed by atoms with van der Waals surface area (Å²) in [6, 6.07) is 0. The van der Waals surface area contributed by atoms with Crippen LogP contribution in [0.5, 0.6) is 0 Å². The van der Waals surface area contributed by atoms with Crippen LogP contribution in [-0.2, 0) is 9.47 Å². The molecule has 0 N–H and O–H groups in total. The van der Waals surface area contributed by atoms with Crippen LogP contribution in [0.4, 0.5) is 0 Å². The van der Waals surface area contributed by atoms with E-state index in [1.54, 1.807) is 0 Å². The third-order valence-corrected chi connectivity index (χ3v) is 13.2. The Labute approximate surface area is 219 Å². The summed E-state index contributed by atoms with van der Waals surface area (Å²) in [5.41, 5.74) is 0.412. The van der Waals surface area contributed by atoms with E-state index in [1.165, 1.54) is 109 Å². The quantitative estimate of drug-likeness (QED) is 0.330. The molecule has 0 atom stereocenters. The zero-order valence-corrected chi connectivity index (χ0v) is 23.5. The van der Waals surface area contributed by atoms with Crippen LogP contribution in [0.1, 0.15) is 123 Å². The molecule has 0 heterocycles. The van der Waals surface area contributed by atoms with Crippen molar-refractivity contribution in [3.05, 3.63) is 0 Å². The molecule has 5 aliphatic rings. The molecule has 0 saturated heterocycles. The van der Waals surface area contributed by atoms with E-state index in [4.69, 9.17) is 32.7 Å². The smallest absolute Gasteiger partial charge is 0.129 e. The Kier molecular flexibility index (Phi) is 8.22. The van der Waals surface area contributed by atoms with Gasteiger partial charge in [-0.15, -0.1) is 23.2 Å². The molecule has 5 fully saturated rings. The van der Waals surface area contributed by atoms with E-state index in [9.17, 15) is 0 Å². The number of hydrogen-bond acceptors (Lipinski definition) is 2. The van der Waals surface area contributed by atoms with Gasteiger partial charge in [0.1, 0.15) is 4.33 Å². The molecule has 0 amide bonds. The Hall–Kier alpha value is 0.500. The molecular formula is C30H50Cl2O2. The second-order valence-electron chi connectivity index (χ2n) is 13.0. The molecule has 0 aliphatic heterocycles. The van der Waals surface area contributed by atoms with Gasteiger partial charge in [0.2, 0.25) is 0 Å². The van der Waals surface area contributed by atoms with E-state index in [0.29, 0.717) is 12.2 Å². The first-order chi connectivity index (χ1) is 16.4. The van der Waals surface area contributed by atoms with Crippen LogP contribution >= 0.6 is 23.2 Å². The van der Waals surface area contributed by atoms with Gasteiger partial charge in [-0.05, 0) is 147 Å². The topological polar surface area (TPSA) is 18.5 Å². The molecule has 196 valence electrons. The number of rotatable bonds is 6. The van der Waals surface area contributed by atoms with Crippen molar-refractivity contribution >= 4 is 23.2 Å². The first-order valence-electron chi connectivity index (χ1n) is 15.0. The summed E-state index contributed by atoms with van der Waals surface area (Å²) in [6.45, 7) is 5.99. The molecule has 0 unspecified atom stereocenters. The lowest BCUT2D eigenvalue weighted by molar-refractivity contribution is -0.123. The molecule has 2 spiro atoms. The van der Waals surface area contributed by atoms with Crippen LogP contribution in [0.2, 0.25) is 0 Å². The molecule has 4 heteroatoms. The first kappa shape index (κ1) is 26.1. The fourth-order valence-corrected chi connectivity index (χ4v) is 10.6. The third kappa shape index (κ3) is 4.74. The van der Waals surface area contributed by atoms with Crippen molar-refractivity contribution in [2.75, 3.05) is 13.2 Å². The van der Waals surface area contributed by atoms with Crippen molar-refractivity contribution in [1.82, 2.24) is 0 Å². The molecule has 5 aliphatic carbocycles. The molecule has 5 rings (SSSR count). The third-order valence-electron chi connectivity index (χ3n) is 11.6. The highest BCUT2D eigenvalue weighted by Gasteiger charge is 2.72. The van der Waals surface area contributed by atoms with Crippen molar-refractivity contribution in [2.45, 2.75) is 140 Å². The average molecular weight is 514 g/mol. The zero-order chi connectivity index (χ0) is 23.8. The summed E-state index contributed by atoms with van der Waals surface area (Å²) < 4.78 is 11.3. The van der Waals surface area contributed by atoms with Crippen LogP contribution < -0.4 is 0 Å². The molecule has 0 aromatic carbocycles. The minimum Gasteiger partial charge on any atom is -0.379 e. The van der Waals surface area contributed by atoms with E-state index in [2.05, 4.69) is 13.8 Å². The normalized spacial score (nSPS) is 46.9. The highest BCUT2D eigenvalue weighted by Crippen LogP contribution is 2.77. The van der Waals surface area contributed by atoms with Crippen molar-refractivity contribution < 1.29 is 9.47 Å². The van der Waals surface area contributed by atoms with Gasteiger partial charge in [-0.3, -0.25) is 0 Å². The van der Waals surface area contributed by atoms with Crippen LogP contribution in [0.3, 0.4) is 0 Å².